The van der Waals surface area contributed by atoms with E-state index >= 15 is 0 Å². The van der Waals surface area contributed by atoms with Gasteiger partial charge in [-0.15, -0.1) is 0 Å². The van der Waals surface area contributed by atoms with E-state index in [1.807, 2.05) is 25.1 Å². The van der Waals surface area contributed by atoms with Crippen LogP contribution < -0.4 is 0 Å². The highest BCUT2D eigenvalue weighted by molar-refractivity contribution is 9.10. The van der Waals surface area contributed by atoms with Crippen LogP contribution in [0.25, 0.3) is 10.9 Å². The molecular formula is C17H20BrNO3. The lowest BCUT2D eigenvalue weighted by atomic mass is 10.0. The van der Waals surface area contributed by atoms with Gasteiger partial charge in [-0.2, -0.15) is 0 Å². The summed E-state index contributed by atoms with van der Waals surface area (Å²) in [5, 5.41) is 1.05. The predicted molar refractivity (Wildman–Crippen MR) is 89.1 cm³/mol. The largest absolute Gasteiger partial charge is 0.462 e. The van der Waals surface area contributed by atoms with Gasteiger partial charge in [-0.1, -0.05) is 0 Å². The Bertz CT molecular complexity index is 674. The molecule has 0 N–H and O–H groups in total. The molecule has 0 amide bonds. The zero-order valence-corrected chi connectivity index (χ0v) is 14.3. The van der Waals surface area contributed by atoms with Crippen LogP contribution in [0.15, 0.2) is 28.9 Å². The van der Waals surface area contributed by atoms with Crippen molar-refractivity contribution in [2.45, 2.75) is 26.3 Å². The fraction of sp³-hybridized carbons (Fsp3) is 0.471. The molecule has 1 saturated heterocycles. The van der Waals surface area contributed by atoms with Gasteiger partial charge in [0.15, 0.2) is 0 Å². The highest BCUT2D eigenvalue weighted by Gasteiger charge is 2.17. The van der Waals surface area contributed by atoms with E-state index in [2.05, 4.69) is 26.7 Å². The number of carbonyl (C=O) groups excluding carboxylic acids is 1. The molecule has 1 fully saturated rings. The molecule has 2 aromatic rings. The van der Waals surface area contributed by atoms with Gasteiger partial charge >= 0.3 is 5.97 Å². The molecule has 0 aliphatic carbocycles. The summed E-state index contributed by atoms with van der Waals surface area (Å²) in [6.45, 7) is 4.92. The molecule has 2 heterocycles. The maximum absolute atomic E-state index is 11.9. The third kappa shape index (κ3) is 3.20. The molecule has 0 saturated carbocycles. The van der Waals surface area contributed by atoms with E-state index < -0.39 is 0 Å². The van der Waals surface area contributed by atoms with Gasteiger partial charge in [-0.05, 0) is 59.8 Å². The maximum Gasteiger partial charge on any atom is 0.338 e. The summed E-state index contributed by atoms with van der Waals surface area (Å²) in [5.41, 5.74) is 1.74. The highest BCUT2D eigenvalue weighted by Crippen LogP contribution is 2.29. The Hall–Kier alpha value is -1.33. The number of carbonyl (C=O) groups is 1. The monoisotopic (exact) mass is 365 g/mol. The summed E-state index contributed by atoms with van der Waals surface area (Å²) in [6.07, 6.45) is 4.32. The smallest absolute Gasteiger partial charge is 0.338 e. The molecular weight excluding hydrogens is 346 g/mol. The van der Waals surface area contributed by atoms with Crippen molar-refractivity contribution in [1.29, 1.82) is 0 Å². The maximum atomic E-state index is 11.9. The zero-order chi connectivity index (χ0) is 15.5. The molecule has 0 atom stereocenters. The van der Waals surface area contributed by atoms with E-state index in [1.54, 1.807) is 0 Å². The van der Waals surface area contributed by atoms with Crippen LogP contribution in [0.4, 0.5) is 0 Å². The number of hydrogen-bond acceptors (Lipinski definition) is 3. The minimum atomic E-state index is -0.270. The third-order valence-electron chi connectivity index (χ3n) is 4.14. The summed E-state index contributed by atoms with van der Waals surface area (Å²) >= 11 is 3.61. The molecule has 3 rings (SSSR count). The number of aromatic nitrogens is 1. The van der Waals surface area contributed by atoms with Crippen LogP contribution in [0.2, 0.25) is 0 Å². The minimum Gasteiger partial charge on any atom is -0.462 e. The van der Waals surface area contributed by atoms with Gasteiger partial charge in [-0.3, -0.25) is 0 Å². The van der Waals surface area contributed by atoms with Gasteiger partial charge in [0.05, 0.1) is 12.2 Å². The second kappa shape index (κ2) is 6.84. The molecule has 0 spiro atoms. The lowest BCUT2D eigenvalue weighted by molar-refractivity contribution is 0.0526. The molecule has 4 nitrogen and oxygen atoms in total. The Morgan fingerprint density at radius 2 is 2.18 bits per heavy atom. The quantitative estimate of drug-likeness (QED) is 0.768. The highest BCUT2D eigenvalue weighted by atomic mass is 79.9. The van der Waals surface area contributed by atoms with E-state index in [0.29, 0.717) is 18.1 Å². The van der Waals surface area contributed by atoms with Gasteiger partial charge in [0, 0.05) is 41.3 Å². The van der Waals surface area contributed by atoms with Crippen molar-refractivity contribution in [2.24, 2.45) is 5.92 Å². The number of fused-ring (bicyclic) bond motifs is 1. The average molecular weight is 366 g/mol. The van der Waals surface area contributed by atoms with E-state index in [1.165, 1.54) is 0 Å². The normalized spacial score (nSPS) is 16.1. The zero-order valence-electron chi connectivity index (χ0n) is 12.7. The van der Waals surface area contributed by atoms with Gasteiger partial charge in [0.2, 0.25) is 0 Å². The van der Waals surface area contributed by atoms with Crippen molar-refractivity contribution < 1.29 is 14.3 Å². The molecule has 0 radical (unpaired) electrons. The molecule has 1 aliphatic heterocycles. The lowest BCUT2D eigenvalue weighted by Gasteiger charge is -2.22. The number of nitrogens with zero attached hydrogens (tertiary/aromatic N) is 1. The van der Waals surface area contributed by atoms with Crippen LogP contribution in [0.3, 0.4) is 0 Å². The van der Waals surface area contributed by atoms with Crippen molar-refractivity contribution in [3.8, 4) is 0 Å². The van der Waals surface area contributed by atoms with E-state index in [9.17, 15) is 4.79 Å². The minimum absolute atomic E-state index is 0.270. The van der Waals surface area contributed by atoms with Crippen molar-refractivity contribution in [3.05, 3.63) is 34.4 Å². The van der Waals surface area contributed by atoms with Crippen LogP contribution in [0, 0.1) is 5.92 Å². The first-order valence-corrected chi connectivity index (χ1v) is 8.51. The number of benzene rings is 1. The van der Waals surface area contributed by atoms with Crippen molar-refractivity contribution in [1.82, 2.24) is 4.57 Å². The Morgan fingerprint density at radius 3 is 2.91 bits per heavy atom. The molecule has 0 bridgehead atoms. The number of hydrogen-bond donors (Lipinski definition) is 0. The van der Waals surface area contributed by atoms with Crippen molar-refractivity contribution >= 4 is 32.8 Å². The van der Waals surface area contributed by atoms with E-state index in [4.69, 9.17) is 9.47 Å². The van der Waals surface area contributed by atoms with Crippen LogP contribution in [-0.2, 0) is 16.0 Å². The Balaban J connectivity index is 1.87. The Morgan fingerprint density at radius 1 is 1.41 bits per heavy atom. The third-order valence-corrected chi connectivity index (χ3v) is 4.77. The van der Waals surface area contributed by atoms with Gasteiger partial charge in [0.25, 0.3) is 0 Å². The second-order valence-electron chi connectivity index (χ2n) is 5.64. The molecule has 22 heavy (non-hydrogen) atoms. The van der Waals surface area contributed by atoms with E-state index in [-0.39, 0.29) is 5.97 Å². The fourth-order valence-electron chi connectivity index (χ4n) is 2.95. The van der Waals surface area contributed by atoms with Crippen LogP contribution >= 0.6 is 15.9 Å². The lowest BCUT2D eigenvalue weighted by Crippen LogP contribution is -2.20. The van der Waals surface area contributed by atoms with Crippen molar-refractivity contribution in [3.63, 3.8) is 0 Å². The summed E-state index contributed by atoms with van der Waals surface area (Å²) in [6, 6.07) is 5.75. The Labute approximate surface area is 138 Å². The van der Waals surface area contributed by atoms with Crippen molar-refractivity contribution in [2.75, 3.05) is 19.8 Å². The first kappa shape index (κ1) is 15.6. The molecule has 1 aliphatic rings. The molecule has 118 valence electrons. The number of halogens is 1. The van der Waals surface area contributed by atoms with Crippen LogP contribution in [0.1, 0.15) is 30.1 Å². The van der Waals surface area contributed by atoms with Gasteiger partial charge < -0.3 is 14.0 Å². The fourth-order valence-corrected chi connectivity index (χ4v) is 3.52. The topological polar surface area (TPSA) is 40.5 Å². The Kier molecular flexibility index (Phi) is 4.84. The second-order valence-corrected chi connectivity index (χ2v) is 6.49. The summed E-state index contributed by atoms with van der Waals surface area (Å²) in [4.78, 5) is 11.9. The number of esters is 1. The molecule has 0 unspecified atom stereocenters. The standard InChI is InChI=1S/C17H20BrNO3/c1-2-22-17(20)13-3-4-16-14(9-13)15(18)11-19(16)10-12-5-7-21-8-6-12/h3-4,9,11-12H,2,5-8,10H2,1H3. The molecule has 1 aromatic carbocycles. The summed E-state index contributed by atoms with van der Waals surface area (Å²) < 4.78 is 13.8. The average Bonchev–Trinajstić information content (AvgIpc) is 2.84. The number of rotatable bonds is 4. The van der Waals surface area contributed by atoms with Gasteiger partial charge in [0.1, 0.15) is 0 Å². The SMILES string of the molecule is CCOC(=O)c1ccc2c(c1)c(Br)cn2CC1CCOCC1. The first-order valence-electron chi connectivity index (χ1n) is 7.72. The van der Waals surface area contributed by atoms with Crippen LogP contribution in [-0.4, -0.2) is 30.4 Å². The van der Waals surface area contributed by atoms with E-state index in [0.717, 1.165) is 48.0 Å². The molecule has 1 aromatic heterocycles. The van der Waals surface area contributed by atoms with Gasteiger partial charge in [-0.25, -0.2) is 4.79 Å². The number of ether oxygens (including phenoxy) is 2. The summed E-state index contributed by atoms with van der Waals surface area (Å²) in [5.74, 6) is 0.384. The van der Waals surface area contributed by atoms with Crippen LogP contribution in [0.5, 0.6) is 0 Å². The molecule has 5 heteroatoms. The predicted octanol–water partition coefficient (Wildman–Crippen LogP) is 4.01. The summed E-state index contributed by atoms with van der Waals surface area (Å²) in [7, 11) is 0. The first-order chi connectivity index (χ1) is 10.7.